The van der Waals surface area contributed by atoms with Crippen LogP contribution in [-0.4, -0.2) is 34.1 Å². The molecule has 0 N–H and O–H groups in total. The van der Waals surface area contributed by atoms with Crippen molar-refractivity contribution in [3.8, 4) is 17.1 Å². The van der Waals surface area contributed by atoms with Crippen LogP contribution in [0.15, 0.2) is 53.1 Å². The summed E-state index contributed by atoms with van der Waals surface area (Å²) in [7, 11) is 1.67. The third-order valence-corrected chi connectivity index (χ3v) is 4.25. The van der Waals surface area contributed by atoms with Gasteiger partial charge in [-0.15, -0.1) is 0 Å². The summed E-state index contributed by atoms with van der Waals surface area (Å²) in [5, 5.41) is 4.59. The van der Waals surface area contributed by atoms with Crippen molar-refractivity contribution >= 4 is 17.5 Å². The molecule has 0 unspecified atom stereocenters. The SMILES string of the molecule is Cc1ccc(-c2noc(CN(C)C(=O)[C@@H](C)Oc3ccc(Cl)cc3)n2)cc1. The number of carbonyl (C=O) groups excluding carboxylic acids is 1. The van der Waals surface area contributed by atoms with Crippen LogP contribution in [0.2, 0.25) is 5.02 Å². The Morgan fingerprint density at radius 3 is 2.52 bits per heavy atom. The molecule has 1 amide bonds. The first-order valence-electron chi connectivity index (χ1n) is 8.49. The molecule has 3 rings (SSSR count). The van der Waals surface area contributed by atoms with Gasteiger partial charge in [0, 0.05) is 17.6 Å². The lowest BCUT2D eigenvalue weighted by Gasteiger charge is -2.20. The van der Waals surface area contributed by atoms with E-state index in [0.717, 1.165) is 11.1 Å². The van der Waals surface area contributed by atoms with Crippen molar-refractivity contribution in [2.75, 3.05) is 7.05 Å². The predicted molar refractivity (Wildman–Crippen MR) is 102 cm³/mol. The van der Waals surface area contributed by atoms with E-state index in [1.807, 2.05) is 31.2 Å². The van der Waals surface area contributed by atoms with Gasteiger partial charge in [-0.3, -0.25) is 4.79 Å². The quantitative estimate of drug-likeness (QED) is 0.638. The Balaban J connectivity index is 1.60. The number of rotatable bonds is 6. The number of nitrogens with zero attached hydrogens (tertiary/aromatic N) is 3. The van der Waals surface area contributed by atoms with Crippen molar-refractivity contribution < 1.29 is 14.1 Å². The highest BCUT2D eigenvalue weighted by Crippen LogP contribution is 2.19. The number of aryl methyl sites for hydroxylation is 1. The van der Waals surface area contributed by atoms with Crippen LogP contribution in [0.1, 0.15) is 18.4 Å². The van der Waals surface area contributed by atoms with Gasteiger partial charge >= 0.3 is 0 Å². The molecule has 0 saturated heterocycles. The molecule has 0 radical (unpaired) electrons. The standard InChI is InChI=1S/C20H20ClN3O3/c1-13-4-6-15(7-5-13)19-22-18(27-23-19)12-24(3)20(25)14(2)26-17-10-8-16(21)9-11-17/h4-11,14H,12H2,1-3H3/t14-/m1/s1. The second kappa shape index (κ2) is 8.22. The second-order valence-corrected chi connectivity index (χ2v) is 6.72. The third-order valence-electron chi connectivity index (χ3n) is 4.00. The van der Waals surface area contributed by atoms with Crippen molar-refractivity contribution in [3.63, 3.8) is 0 Å². The molecule has 3 aromatic rings. The van der Waals surface area contributed by atoms with Gasteiger partial charge in [0.2, 0.25) is 11.7 Å². The van der Waals surface area contributed by atoms with Crippen LogP contribution in [-0.2, 0) is 11.3 Å². The van der Waals surface area contributed by atoms with Crippen LogP contribution >= 0.6 is 11.6 Å². The van der Waals surface area contributed by atoms with Gasteiger partial charge in [0.1, 0.15) is 5.75 Å². The van der Waals surface area contributed by atoms with E-state index in [1.54, 1.807) is 38.2 Å². The van der Waals surface area contributed by atoms with Gasteiger partial charge in [-0.2, -0.15) is 4.98 Å². The molecule has 0 saturated carbocycles. The Hall–Kier alpha value is -2.86. The molecule has 6 nitrogen and oxygen atoms in total. The van der Waals surface area contributed by atoms with Crippen LogP contribution in [0, 0.1) is 6.92 Å². The molecule has 0 aliphatic rings. The lowest BCUT2D eigenvalue weighted by Crippen LogP contribution is -2.37. The van der Waals surface area contributed by atoms with E-state index in [9.17, 15) is 4.79 Å². The zero-order valence-corrected chi connectivity index (χ0v) is 16.1. The van der Waals surface area contributed by atoms with Crippen molar-refractivity contribution in [3.05, 3.63) is 65.0 Å². The van der Waals surface area contributed by atoms with E-state index in [4.69, 9.17) is 20.9 Å². The van der Waals surface area contributed by atoms with Gasteiger partial charge in [0.05, 0.1) is 6.54 Å². The minimum Gasteiger partial charge on any atom is -0.481 e. The zero-order valence-electron chi connectivity index (χ0n) is 15.3. The summed E-state index contributed by atoms with van der Waals surface area (Å²) < 4.78 is 10.9. The van der Waals surface area contributed by atoms with E-state index in [1.165, 1.54) is 4.90 Å². The Morgan fingerprint density at radius 2 is 1.85 bits per heavy atom. The van der Waals surface area contributed by atoms with Crippen LogP contribution in [0.5, 0.6) is 5.75 Å². The monoisotopic (exact) mass is 385 g/mol. The lowest BCUT2D eigenvalue weighted by atomic mass is 10.1. The molecular weight excluding hydrogens is 366 g/mol. The maximum absolute atomic E-state index is 12.5. The van der Waals surface area contributed by atoms with E-state index < -0.39 is 6.10 Å². The first-order chi connectivity index (χ1) is 12.9. The highest BCUT2D eigenvalue weighted by atomic mass is 35.5. The molecule has 0 spiro atoms. The van der Waals surface area contributed by atoms with Crippen molar-refractivity contribution in [1.29, 1.82) is 0 Å². The lowest BCUT2D eigenvalue weighted by molar-refractivity contribution is -0.137. The summed E-state index contributed by atoms with van der Waals surface area (Å²) in [5.41, 5.74) is 2.02. The largest absolute Gasteiger partial charge is 0.481 e. The van der Waals surface area contributed by atoms with Crippen LogP contribution < -0.4 is 4.74 Å². The van der Waals surface area contributed by atoms with Gasteiger partial charge in [0.25, 0.3) is 5.91 Å². The number of ether oxygens (including phenoxy) is 1. The maximum atomic E-state index is 12.5. The molecule has 1 atom stereocenters. The fraction of sp³-hybridized carbons (Fsp3) is 0.250. The summed E-state index contributed by atoms with van der Waals surface area (Å²) in [6, 6.07) is 14.7. The minimum absolute atomic E-state index is 0.194. The number of halogens is 1. The number of carbonyl (C=O) groups is 1. The molecule has 0 bridgehead atoms. The molecule has 0 fully saturated rings. The van der Waals surface area contributed by atoms with Crippen LogP contribution in [0.25, 0.3) is 11.4 Å². The Bertz CT molecular complexity index is 907. The highest BCUT2D eigenvalue weighted by Gasteiger charge is 2.21. The number of aromatic nitrogens is 2. The summed E-state index contributed by atoms with van der Waals surface area (Å²) in [6.07, 6.45) is -0.657. The third kappa shape index (κ3) is 4.86. The Morgan fingerprint density at radius 1 is 1.19 bits per heavy atom. The molecule has 0 aliphatic heterocycles. The predicted octanol–water partition coefficient (Wildman–Crippen LogP) is 4.12. The van der Waals surface area contributed by atoms with E-state index in [0.29, 0.717) is 22.5 Å². The molecular formula is C20H20ClN3O3. The van der Waals surface area contributed by atoms with Gasteiger partial charge < -0.3 is 14.2 Å². The summed E-state index contributed by atoms with van der Waals surface area (Å²) in [4.78, 5) is 18.4. The van der Waals surface area contributed by atoms with Crippen LogP contribution in [0.4, 0.5) is 0 Å². The topological polar surface area (TPSA) is 68.5 Å². The maximum Gasteiger partial charge on any atom is 0.263 e. The van der Waals surface area contributed by atoms with E-state index >= 15 is 0 Å². The Kier molecular flexibility index (Phi) is 5.76. The van der Waals surface area contributed by atoms with Crippen molar-refractivity contribution in [1.82, 2.24) is 15.0 Å². The van der Waals surface area contributed by atoms with Gasteiger partial charge in [-0.1, -0.05) is 46.6 Å². The van der Waals surface area contributed by atoms with E-state index in [-0.39, 0.29) is 12.5 Å². The molecule has 2 aromatic carbocycles. The van der Waals surface area contributed by atoms with Gasteiger partial charge in [-0.25, -0.2) is 0 Å². The molecule has 7 heteroatoms. The molecule has 27 heavy (non-hydrogen) atoms. The fourth-order valence-corrected chi connectivity index (χ4v) is 2.62. The van der Waals surface area contributed by atoms with Crippen molar-refractivity contribution in [2.45, 2.75) is 26.5 Å². The van der Waals surface area contributed by atoms with Crippen LogP contribution in [0.3, 0.4) is 0 Å². The van der Waals surface area contributed by atoms with Gasteiger partial charge in [-0.05, 0) is 38.1 Å². The summed E-state index contributed by atoms with van der Waals surface area (Å²) in [5.74, 6) is 1.24. The number of hydrogen-bond acceptors (Lipinski definition) is 5. The highest BCUT2D eigenvalue weighted by molar-refractivity contribution is 6.30. The second-order valence-electron chi connectivity index (χ2n) is 6.29. The average Bonchev–Trinajstić information content (AvgIpc) is 3.12. The average molecular weight is 386 g/mol. The number of amides is 1. The molecule has 140 valence electrons. The molecule has 1 heterocycles. The van der Waals surface area contributed by atoms with Crippen molar-refractivity contribution in [2.24, 2.45) is 0 Å². The zero-order chi connectivity index (χ0) is 19.4. The summed E-state index contributed by atoms with van der Waals surface area (Å²) >= 11 is 5.85. The fourth-order valence-electron chi connectivity index (χ4n) is 2.50. The first kappa shape index (κ1) is 18.9. The molecule has 1 aromatic heterocycles. The van der Waals surface area contributed by atoms with E-state index in [2.05, 4.69) is 10.1 Å². The number of likely N-dealkylation sites (N-methyl/N-ethyl adjacent to an activating group) is 1. The Labute approximate surface area is 162 Å². The normalized spacial score (nSPS) is 11.9. The number of hydrogen-bond donors (Lipinski definition) is 0. The minimum atomic E-state index is -0.657. The summed E-state index contributed by atoms with van der Waals surface area (Å²) in [6.45, 7) is 3.91. The first-order valence-corrected chi connectivity index (χ1v) is 8.87. The molecule has 0 aliphatic carbocycles. The van der Waals surface area contributed by atoms with Gasteiger partial charge in [0.15, 0.2) is 6.10 Å². The smallest absolute Gasteiger partial charge is 0.263 e. The number of benzene rings is 2.